The normalized spacial score (nSPS) is 10.8. The first-order chi connectivity index (χ1) is 13.4. The quantitative estimate of drug-likeness (QED) is 0.649. The summed E-state index contributed by atoms with van der Waals surface area (Å²) >= 11 is 6.14. The number of carbonyl (C=O) groups excluding carboxylic acids is 1. The van der Waals surface area contributed by atoms with E-state index in [0.717, 1.165) is 11.1 Å². The zero-order valence-electron chi connectivity index (χ0n) is 15.3. The number of aromatic nitrogens is 1. The summed E-state index contributed by atoms with van der Waals surface area (Å²) in [6, 6.07) is 13.2. The van der Waals surface area contributed by atoms with E-state index in [0.29, 0.717) is 18.0 Å². The predicted octanol–water partition coefficient (Wildman–Crippen LogP) is 4.21. The van der Waals surface area contributed by atoms with E-state index in [9.17, 15) is 19.4 Å². The van der Waals surface area contributed by atoms with Gasteiger partial charge in [0.1, 0.15) is 11.4 Å². The topological polar surface area (TPSA) is 65.7 Å². The molecular weight excluding hydrogens is 383 g/mol. The number of aryl methyl sites for hydroxylation is 2. The molecule has 28 heavy (non-hydrogen) atoms. The smallest absolute Gasteiger partial charge is 0.259 e. The van der Waals surface area contributed by atoms with Crippen LogP contribution >= 0.6 is 11.6 Å². The lowest BCUT2D eigenvalue weighted by molar-refractivity contribution is 0.0782. The van der Waals surface area contributed by atoms with Crippen molar-refractivity contribution in [2.24, 2.45) is 0 Å². The number of hydrogen-bond acceptors (Lipinski definition) is 3. The van der Waals surface area contributed by atoms with Gasteiger partial charge in [-0.05, 0) is 35.7 Å². The van der Waals surface area contributed by atoms with Gasteiger partial charge in [0.15, 0.2) is 5.75 Å². The van der Waals surface area contributed by atoms with Crippen LogP contribution in [0, 0.1) is 5.82 Å². The third kappa shape index (κ3) is 4.28. The standard InChI is InChI=1S/C21H20ClFN2O3/c1-24(12-14-6-8-16(23)9-7-14)20(27)17-13-25(21(28)19(17)26)11-10-15-4-2-3-5-18(15)22/h2-9,13,26,28H,10-12H2,1H3. The van der Waals surface area contributed by atoms with E-state index in [1.54, 1.807) is 25.2 Å². The Morgan fingerprint density at radius 3 is 2.50 bits per heavy atom. The summed E-state index contributed by atoms with van der Waals surface area (Å²) in [6.45, 7) is 0.586. The highest BCUT2D eigenvalue weighted by atomic mass is 35.5. The number of rotatable bonds is 6. The Balaban J connectivity index is 1.73. The molecule has 7 heteroatoms. The molecule has 2 aromatic carbocycles. The molecule has 0 fully saturated rings. The number of aromatic hydroxyl groups is 2. The first-order valence-electron chi connectivity index (χ1n) is 8.71. The summed E-state index contributed by atoms with van der Waals surface area (Å²) in [4.78, 5) is 14.1. The van der Waals surface area contributed by atoms with Crippen molar-refractivity contribution in [3.8, 4) is 11.6 Å². The second-order valence-electron chi connectivity index (χ2n) is 6.54. The number of carbonyl (C=O) groups is 1. The molecule has 0 atom stereocenters. The van der Waals surface area contributed by atoms with Crippen LogP contribution in [0.2, 0.25) is 5.02 Å². The molecule has 5 nitrogen and oxygen atoms in total. The molecule has 0 aliphatic rings. The Kier molecular flexibility index (Phi) is 5.90. The van der Waals surface area contributed by atoms with Gasteiger partial charge in [0.2, 0.25) is 5.88 Å². The van der Waals surface area contributed by atoms with E-state index in [1.807, 2.05) is 18.2 Å². The zero-order chi connectivity index (χ0) is 20.3. The monoisotopic (exact) mass is 402 g/mol. The third-order valence-corrected chi connectivity index (χ3v) is 4.88. The van der Waals surface area contributed by atoms with Gasteiger partial charge < -0.3 is 19.7 Å². The van der Waals surface area contributed by atoms with E-state index in [2.05, 4.69) is 0 Å². The van der Waals surface area contributed by atoms with Gasteiger partial charge >= 0.3 is 0 Å². The minimum absolute atomic E-state index is 0.00118. The molecule has 0 radical (unpaired) electrons. The van der Waals surface area contributed by atoms with Gasteiger partial charge in [-0.15, -0.1) is 0 Å². The zero-order valence-corrected chi connectivity index (χ0v) is 16.0. The highest BCUT2D eigenvalue weighted by Gasteiger charge is 2.23. The molecule has 0 saturated heterocycles. The van der Waals surface area contributed by atoms with Crippen molar-refractivity contribution in [2.75, 3.05) is 7.05 Å². The van der Waals surface area contributed by atoms with Crippen molar-refractivity contribution in [1.29, 1.82) is 0 Å². The molecule has 0 bridgehead atoms. The Labute approximate surface area is 167 Å². The maximum absolute atomic E-state index is 13.0. The number of nitrogens with zero attached hydrogens (tertiary/aromatic N) is 2. The largest absolute Gasteiger partial charge is 0.503 e. The lowest BCUT2D eigenvalue weighted by Gasteiger charge is -2.16. The molecule has 0 spiro atoms. The van der Waals surface area contributed by atoms with Crippen LogP contribution in [0.3, 0.4) is 0 Å². The van der Waals surface area contributed by atoms with E-state index < -0.39 is 11.7 Å². The van der Waals surface area contributed by atoms with Crippen molar-refractivity contribution >= 4 is 17.5 Å². The minimum atomic E-state index is -0.463. The van der Waals surface area contributed by atoms with Gasteiger partial charge in [-0.1, -0.05) is 41.9 Å². The molecule has 2 N–H and O–H groups in total. The van der Waals surface area contributed by atoms with Crippen molar-refractivity contribution in [3.05, 3.63) is 82.3 Å². The highest BCUT2D eigenvalue weighted by molar-refractivity contribution is 6.31. The predicted molar refractivity (Wildman–Crippen MR) is 105 cm³/mol. The lowest BCUT2D eigenvalue weighted by Crippen LogP contribution is -2.26. The van der Waals surface area contributed by atoms with Gasteiger partial charge in [0.05, 0.1) is 0 Å². The summed E-state index contributed by atoms with van der Waals surface area (Å²) < 4.78 is 14.4. The average molecular weight is 403 g/mol. The molecule has 3 aromatic rings. The Bertz CT molecular complexity index is 986. The number of halogens is 2. The molecule has 0 aliphatic heterocycles. The Morgan fingerprint density at radius 2 is 1.82 bits per heavy atom. The number of hydrogen-bond donors (Lipinski definition) is 2. The summed E-state index contributed by atoms with van der Waals surface area (Å²) in [7, 11) is 1.57. The highest BCUT2D eigenvalue weighted by Crippen LogP contribution is 2.32. The molecular formula is C21H20ClFN2O3. The molecule has 1 amide bonds. The number of benzene rings is 2. The molecule has 0 saturated carbocycles. The fourth-order valence-corrected chi connectivity index (χ4v) is 3.17. The van der Waals surface area contributed by atoms with Crippen molar-refractivity contribution < 1.29 is 19.4 Å². The van der Waals surface area contributed by atoms with Crippen molar-refractivity contribution in [3.63, 3.8) is 0 Å². The molecule has 3 rings (SSSR count). The summed E-state index contributed by atoms with van der Waals surface area (Å²) in [6.07, 6.45) is 1.95. The second-order valence-corrected chi connectivity index (χ2v) is 6.94. The Morgan fingerprint density at radius 1 is 1.14 bits per heavy atom. The molecule has 1 aromatic heterocycles. The molecule has 1 heterocycles. The summed E-state index contributed by atoms with van der Waals surface area (Å²) in [5.41, 5.74) is 1.65. The lowest BCUT2D eigenvalue weighted by atomic mass is 10.1. The SMILES string of the molecule is CN(Cc1ccc(F)cc1)C(=O)c1cn(CCc2ccccc2Cl)c(O)c1O. The second kappa shape index (κ2) is 8.35. The van der Waals surface area contributed by atoms with Gasteiger partial charge in [-0.2, -0.15) is 0 Å². The fourth-order valence-electron chi connectivity index (χ4n) is 2.94. The summed E-state index contributed by atoms with van der Waals surface area (Å²) in [5, 5.41) is 21.0. The first-order valence-corrected chi connectivity index (χ1v) is 9.09. The van der Waals surface area contributed by atoms with Gasteiger partial charge in [0.25, 0.3) is 5.91 Å². The minimum Gasteiger partial charge on any atom is -0.503 e. The fraction of sp³-hybridized carbons (Fsp3) is 0.190. The summed E-state index contributed by atoms with van der Waals surface area (Å²) in [5.74, 6) is -1.63. The van der Waals surface area contributed by atoms with E-state index in [1.165, 1.54) is 27.8 Å². The molecule has 0 unspecified atom stereocenters. The van der Waals surface area contributed by atoms with Crippen LogP contribution < -0.4 is 0 Å². The van der Waals surface area contributed by atoms with Crippen LogP contribution in [0.1, 0.15) is 21.5 Å². The van der Waals surface area contributed by atoms with Gasteiger partial charge in [-0.25, -0.2) is 4.39 Å². The average Bonchev–Trinajstić information content (AvgIpc) is 2.97. The van der Waals surface area contributed by atoms with Crippen LogP contribution in [-0.2, 0) is 19.5 Å². The van der Waals surface area contributed by atoms with Crippen LogP contribution in [0.4, 0.5) is 4.39 Å². The first kappa shape index (κ1) is 19.8. The third-order valence-electron chi connectivity index (χ3n) is 4.51. The Hall–Kier alpha value is -2.99. The maximum Gasteiger partial charge on any atom is 0.259 e. The van der Waals surface area contributed by atoms with Crippen LogP contribution in [-0.4, -0.2) is 32.6 Å². The van der Waals surface area contributed by atoms with Crippen molar-refractivity contribution in [2.45, 2.75) is 19.5 Å². The maximum atomic E-state index is 13.0. The molecule has 0 aliphatic carbocycles. The van der Waals surface area contributed by atoms with Gasteiger partial charge in [0, 0.05) is 31.4 Å². The van der Waals surface area contributed by atoms with E-state index >= 15 is 0 Å². The van der Waals surface area contributed by atoms with E-state index in [4.69, 9.17) is 11.6 Å². The van der Waals surface area contributed by atoms with Crippen LogP contribution in [0.25, 0.3) is 0 Å². The van der Waals surface area contributed by atoms with Crippen LogP contribution in [0.15, 0.2) is 54.7 Å². The van der Waals surface area contributed by atoms with E-state index in [-0.39, 0.29) is 23.8 Å². The number of amides is 1. The molecule has 146 valence electrons. The van der Waals surface area contributed by atoms with Gasteiger partial charge in [-0.3, -0.25) is 4.79 Å². The van der Waals surface area contributed by atoms with Crippen LogP contribution in [0.5, 0.6) is 11.6 Å². The van der Waals surface area contributed by atoms with Crippen molar-refractivity contribution in [1.82, 2.24) is 9.47 Å².